The number of nitrogens with one attached hydrogen (secondary N) is 1. The molecule has 1 saturated heterocycles. The molecule has 0 saturated carbocycles. The maximum Gasteiger partial charge on any atom is 0.273 e. The first-order valence-electron chi connectivity index (χ1n) is 10.7. The first kappa shape index (κ1) is 23.3. The number of nitrogens with two attached hydrogens (primary N) is 2. The maximum atomic E-state index is 13.8. The number of nitrogens with zero attached hydrogens (tertiary/aromatic N) is 3. The number of benzene rings is 1. The van der Waals surface area contributed by atoms with Crippen LogP contribution in [0.4, 0.5) is 11.4 Å². The molecule has 10 nitrogen and oxygen atoms in total. The lowest BCUT2D eigenvalue weighted by molar-refractivity contribution is -0.123. The van der Waals surface area contributed by atoms with Crippen LogP contribution in [0.5, 0.6) is 0 Å². The van der Waals surface area contributed by atoms with Crippen LogP contribution in [0.15, 0.2) is 54.9 Å². The molecule has 2 aromatic heterocycles. The lowest BCUT2D eigenvalue weighted by atomic mass is 10.0. The molecule has 34 heavy (non-hydrogen) atoms. The predicted molar refractivity (Wildman–Crippen MR) is 127 cm³/mol. The summed E-state index contributed by atoms with van der Waals surface area (Å²) in [5, 5.41) is 2.92. The fraction of sp³-hybridized carbons (Fsp3) is 0.261. The number of anilines is 2. The third-order valence-electron chi connectivity index (χ3n) is 5.47. The van der Waals surface area contributed by atoms with Crippen LogP contribution in [-0.4, -0.2) is 46.3 Å². The average molecular weight is 481 g/mol. The molecule has 1 fully saturated rings. The standard InChI is InChI=1S/C23H24N6O4S/c24-17-18(21(25)30)28-34-20(17)23(32)29(15-5-2-1-3-6-15)19(14-8-10-26-11-9-14)22(31)27-13-16-7-4-12-33-16/h1-3,5-6,8-11,16,19H,4,7,12-13,24H2,(H2,25,30)(H,27,31)/t16-,19-/m0/s1. The summed E-state index contributed by atoms with van der Waals surface area (Å²) < 4.78 is 9.56. The highest BCUT2D eigenvalue weighted by molar-refractivity contribution is 7.09. The highest BCUT2D eigenvalue weighted by Crippen LogP contribution is 2.32. The van der Waals surface area contributed by atoms with E-state index in [1.165, 1.54) is 4.90 Å². The molecule has 0 unspecified atom stereocenters. The van der Waals surface area contributed by atoms with Gasteiger partial charge in [-0.25, -0.2) is 0 Å². The Balaban J connectivity index is 1.76. The Kier molecular flexibility index (Phi) is 7.14. The van der Waals surface area contributed by atoms with E-state index in [0.717, 1.165) is 24.4 Å². The normalized spacial score (nSPS) is 16.1. The van der Waals surface area contributed by atoms with Crippen molar-refractivity contribution in [2.45, 2.75) is 25.0 Å². The number of carbonyl (C=O) groups excluding carboxylic acids is 3. The number of carbonyl (C=O) groups is 3. The Morgan fingerprint density at radius 3 is 2.53 bits per heavy atom. The summed E-state index contributed by atoms with van der Waals surface area (Å²) >= 11 is 0.763. The first-order valence-corrected chi connectivity index (χ1v) is 11.5. The number of primary amides is 1. The lowest BCUT2D eigenvalue weighted by Gasteiger charge is -2.31. The second-order valence-corrected chi connectivity index (χ2v) is 8.49. The SMILES string of the molecule is NC(=O)c1nsc(C(=O)N(c2ccccc2)[C@H](C(=O)NC[C@@H]2CCCO2)c2ccncc2)c1N. The Morgan fingerprint density at radius 1 is 1.18 bits per heavy atom. The van der Waals surface area contributed by atoms with Crippen molar-refractivity contribution >= 4 is 40.6 Å². The molecular formula is C23H24N6O4S. The van der Waals surface area contributed by atoms with Gasteiger partial charge in [-0.3, -0.25) is 24.3 Å². The zero-order valence-corrected chi connectivity index (χ0v) is 19.0. The Hall–Kier alpha value is -3.83. The van der Waals surface area contributed by atoms with Gasteiger partial charge in [0.25, 0.3) is 11.8 Å². The smallest absolute Gasteiger partial charge is 0.273 e. The summed E-state index contributed by atoms with van der Waals surface area (Å²) in [6, 6.07) is 11.0. The third-order valence-corrected chi connectivity index (χ3v) is 6.32. The molecule has 11 heteroatoms. The van der Waals surface area contributed by atoms with Crippen molar-refractivity contribution in [2.24, 2.45) is 5.73 Å². The molecule has 2 atom stereocenters. The van der Waals surface area contributed by atoms with Gasteiger partial charge in [0.2, 0.25) is 5.91 Å². The van der Waals surface area contributed by atoms with E-state index in [9.17, 15) is 14.4 Å². The van der Waals surface area contributed by atoms with E-state index in [0.29, 0.717) is 24.4 Å². The minimum atomic E-state index is -1.04. The van der Waals surface area contributed by atoms with E-state index < -0.39 is 23.8 Å². The fourth-order valence-corrected chi connectivity index (χ4v) is 4.53. The number of aromatic nitrogens is 2. The van der Waals surface area contributed by atoms with Gasteiger partial charge in [0.05, 0.1) is 11.8 Å². The number of ether oxygens (including phenoxy) is 1. The van der Waals surface area contributed by atoms with E-state index >= 15 is 0 Å². The van der Waals surface area contributed by atoms with Crippen molar-refractivity contribution in [3.8, 4) is 0 Å². The molecule has 5 N–H and O–H groups in total. The Morgan fingerprint density at radius 2 is 1.91 bits per heavy atom. The zero-order chi connectivity index (χ0) is 24.1. The van der Waals surface area contributed by atoms with E-state index in [-0.39, 0.29) is 22.4 Å². The van der Waals surface area contributed by atoms with Crippen LogP contribution in [0.25, 0.3) is 0 Å². The minimum Gasteiger partial charge on any atom is -0.395 e. The molecule has 1 aliphatic heterocycles. The van der Waals surface area contributed by atoms with E-state index in [1.54, 1.807) is 54.9 Å². The fourth-order valence-electron chi connectivity index (χ4n) is 3.79. The summed E-state index contributed by atoms with van der Waals surface area (Å²) in [4.78, 5) is 44.4. The Bertz CT molecular complexity index is 1160. The molecule has 0 radical (unpaired) electrons. The van der Waals surface area contributed by atoms with Crippen molar-refractivity contribution in [3.05, 3.63) is 71.0 Å². The largest absolute Gasteiger partial charge is 0.395 e. The zero-order valence-electron chi connectivity index (χ0n) is 18.2. The number of pyridine rings is 1. The van der Waals surface area contributed by atoms with E-state index in [1.807, 2.05) is 0 Å². The second-order valence-electron chi connectivity index (χ2n) is 7.71. The first-order chi connectivity index (χ1) is 16.5. The highest BCUT2D eigenvalue weighted by Gasteiger charge is 2.36. The van der Waals surface area contributed by atoms with E-state index in [4.69, 9.17) is 16.2 Å². The van der Waals surface area contributed by atoms with Crippen molar-refractivity contribution in [1.82, 2.24) is 14.7 Å². The molecule has 3 heterocycles. The van der Waals surface area contributed by atoms with Gasteiger partial charge in [-0.05, 0) is 54.2 Å². The van der Waals surface area contributed by atoms with Crippen molar-refractivity contribution in [1.29, 1.82) is 0 Å². The number of hydrogen-bond donors (Lipinski definition) is 3. The number of para-hydroxylation sites is 1. The van der Waals surface area contributed by atoms with Crippen LogP contribution in [0, 0.1) is 0 Å². The summed E-state index contributed by atoms with van der Waals surface area (Å²) in [6.07, 6.45) is 4.83. The number of nitrogen functional groups attached to an aromatic ring is 1. The van der Waals surface area contributed by atoms with Gasteiger partial charge in [-0.15, -0.1) is 0 Å². The van der Waals surface area contributed by atoms with E-state index in [2.05, 4.69) is 14.7 Å². The molecule has 1 aliphatic rings. The van der Waals surface area contributed by atoms with Crippen LogP contribution in [0.2, 0.25) is 0 Å². The third kappa shape index (κ3) is 4.90. The summed E-state index contributed by atoms with van der Waals surface area (Å²) in [7, 11) is 0. The number of hydrogen-bond acceptors (Lipinski definition) is 8. The van der Waals surface area contributed by atoms with Crippen LogP contribution in [-0.2, 0) is 9.53 Å². The van der Waals surface area contributed by atoms with Gasteiger partial charge in [-0.1, -0.05) is 18.2 Å². The molecule has 176 valence electrons. The van der Waals surface area contributed by atoms with Gasteiger partial charge in [-0.2, -0.15) is 4.37 Å². The molecule has 0 aliphatic carbocycles. The molecule has 0 spiro atoms. The average Bonchev–Trinajstić information content (AvgIpc) is 3.51. The minimum absolute atomic E-state index is 0.0173. The quantitative estimate of drug-likeness (QED) is 0.445. The van der Waals surface area contributed by atoms with Crippen molar-refractivity contribution in [2.75, 3.05) is 23.8 Å². The summed E-state index contributed by atoms with van der Waals surface area (Å²) in [5.74, 6) is -1.81. The number of rotatable bonds is 8. The van der Waals surface area contributed by atoms with Gasteiger partial charge in [0.1, 0.15) is 10.9 Å². The monoisotopic (exact) mass is 480 g/mol. The maximum absolute atomic E-state index is 13.8. The van der Waals surface area contributed by atoms with Gasteiger partial charge in [0, 0.05) is 31.2 Å². The molecule has 4 rings (SSSR count). The highest BCUT2D eigenvalue weighted by atomic mass is 32.1. The van der Waals surface area contributed by atoms with Crippen LogP contribution < -0.4 is 21.7 Å². The molecular weight excluding hydrogens is 456 g/mol. The Labute approximate surface area is 200 Å². The topological polar surface area (TPSA) is 154 Å². The molecule has 0 bridgehead atoms. The summed E-state index contributed by atoms with van der Waals surface area (Å²) in [6.45, 7) is 0.988. The number of amides is 3. The molecule has 3 aromatic rings. The lowest BCUT2D eigenvalue weighted by Crippen LogP contribution is -2.45. The van der Waals surface area contributed by atoms with Crippen LogP contribution in [0.1, 0.15) is 44.6 Å². The van der Waals surface area contributed by atoms with Crippen molar-refractivity contribution in [3.63, 3.8) is 0 Å². The summed E-state index contributed by atoms with van der Waals surface area (Å²) in [5.41, 5.74) is 12.1. The van der Waals surface area contributed by atoms with Gasteiger partial charge in [0.15, 0.2) is 5.69 Å². The predicted octanol–water partition coefficient (Wildman–Crippen LogP) is 1.90. The second kappa shape index (κ2) is 10.4. The van der Waals surface area contributed by atoms with Gasteiger partial charge < -0.3 is 21.5 Å². The molecule has 3 amide bonds. The van der Waals surface area contributed by atoms with Gasteiger partial charge >= 0.3 is 0 Å². The van der Waals surface area contributed by atoms with Crippen molar-refractivity contribution < 1.29 is 19.1 Å². The van der Waals surface area contributed by atoms with Crippen LogP contribution >= 0.6 is 11.5 Å². The molecule has 1 aromatic carbocycles. The van der Waals surface area contributed by atoms with Crippen LogP contribution in [0.3, 0.4) is 0 Å².